The molecule has 7 nitrogen and oxygen atoms in total. The lowest BCUT2D eigenvalue weighted by Gasteiger charge is -2.22. The molecule has 0 unspecified atom stereocenters. The fourth-order valence-electron chi connectivity index (χ4n) is 3.88. The van der Waals surface area contributed by atoms with Gasteiger partial charge in [0.15, 0.2) is 12.4 Å². The predicted octanol–water partition coefficient (Wildman–Crippen LogP) is 3.98. The average molecular weight is 420 g/mol. The third kappa shape index (κ3) is 5.17. The molecule has 3 aromatic rings. The maximum Gasteiger partial charge on any atom is 0.437 e. The molecule has 160 valence electrons. The summed E-state index contributed by atoms with van der Waals surface area (Å²) in [7, 11) is 0. The molecule has 1 aliphatic rings. The summed E-state index contributed by atoms with van der Waals surface area (Å²) in [5, 5.41) is 4.01. The second-order valence-corrected chi connectivity index (χ2v) is 7.74. The summed E-state index contributed by atoms with van der Waals surface area (Å²) >= 11 is 0. The third-order valence-corrected chi connectivity index (χ3v) is 5.58. The van der Waals surface area contributed by atoms with Crippen molar-refractivity contribution in [1.82, 2.24) is 9.78 Å². The van der Waals surface area contributed by atoms with Crippen LogP contribution >= 0.6 is 0 Å². The number of hydrogen-bond donors (Lipinski definition) is 0. The number of ether oxygens (including phenoxy) is 1. The fraction of sp³-hybridized carbons (Fsp3) is 0.333. The van der Waals surface area contributed by atoms with Crippen molar-refractivity contribution in [3.8, 4) is 11.5 Å². The molecule has 0 saturated heterocycles. The van der Waals surface area contributed by atoms with Gasteiger partial charge in [0.25, 0.3) is 0 Å². The molecule has 1 heterocycles. The van der Waals surface area contributed by atoms with E-state index in [-0.39, 0.29) is 18.3 Å². The quantitative estimate of drug-likeness (QED) is 0.424. The van der Waals surface area contributed by atoms with E-state index in [0.717, 1.165) is 4.68 Å². The predicted molar refractivity (Wildman–Crippen MR) is 114 cm³/mol. The minimum Gasteiger partial charge on any atom is -0.456 e. The van der Waals surface area contributed by atoms with E-state index in [1.807, 2.05) is 18.2 Å². The Morgan fingerprint density at radius 3 is 2.42 bits per heavy atom. The number of rotatable bonds is 7. The van der Waals surface area contributed by atoms with Gasteiger partial charge >= 0.3 is 11.7 Å². The van der Waals surface area contributed by atoms with E-state index >= 15 is 0 Å². The number of carbonyl (C=O) groups is 2. The van der Waals surface area contributed by atoms with E-state index in [0.29, 0.717) is 17.0 Å². The number of aromatic nitrogens is 2. The Morgan fingerprint density at radius 2 is 1.71 bits per heavy atom. The van der Waals surface area contributed by atoms with Crippen LogP contribution in [0.25, 0.3) is 11.5 Å². The molecule has 0 bridgehead atoms. The van der Waals surface area contributed by atoms with Gasteiger partial charge in [-0.25, -0.2) is 4.79 Å². The molecule has 0 atom stereocenters. The van der Waals surface area contributed by atoms with Crippen LogP contribution in [-0.4, -0.2) is 28.1 Å². The number of Topliss-reactive ketones (excluding diaryl/α,β-unsaturated/α-hetero) is 1. The number of nitrogens with zero attached hydrogens (tertiary/aromatic N) is 2. The van der Waals surface area contributed by atoms with Crippen LogP contribution in [0.4, 0.5) is 0 Å². The van der Waals surface area contributed by atoms with Crippen molar-refractivity contribution in [2.75, 3.05) is 6.61 Å². The highest BCUT2D eigenvalue weighted by atomic mass is 16.5. The Hall–Kier alpha value is -3.48. The molecule has 0 N–H and O–H groups in total. The molecule has 1 aliphatic carbocycles. The molecule has 1 fully saturated rings. The maximum absolute atomic E-state index is 12.4. The zero-order valence-corrected chi connectivity index (χ0v) is 17.2. The average Bonchev–Trinajstić information content (AvgIpc) is 3.19. The molecular formula is C24H24N2O5. The van der Waals surface area contributed by atoms with E-state index < -0.39 is 18.3 Å². The molecule has 31 heavy (non-hydrogen) atoms. The SMILES string of the molecule is O=C(Cn1nc(-c2ccccc2)oc1=O)OCC(=O)c1ccc(C2CCCCC2)cc1. The van der Waals surface area contributed by atoms with Crippen molar-refractivity contribution >= 4 is 11.8 Å². The van der Waals surface area contributed by atoms with Crippen LogP contribution in [0.3, 0.4) is 0 Å². The zero-order valence-electron chi connectivity index (χ0n) is 17.2. The molecule has 0 aliphatic heterocycles. The van der Waals surface area contributed by atoms with Crippen molar-refractivity contribution < 1.29 is 18.7 Å². The summed E-state index contributed by atoms with van der Waals surface area (Å²) in [5.41, 5.74) is 2.38. The number of carbonyl (C=O) groups excluding carboxylic acids is 2. The molecule has 0 amide bonds. The van der Waals surface area contributed by atoms with Gasteiger partial charge in [-0.2, -0.15) is 4.68 Å². The van der Waals surface area contributed by atoms with E-state index in [1.54, 1.807) is 36.4 Å². The highest BCUT2D eigenvalue weighted by Crippen LogP contribution is 2.32. The Labute approximate surface area is 179 Å². The van der Waals surface area contributed by atoms with Gasteiger partial charge in [0.05, 0.1) is 0 Å². The van der Waals surface area contributed by atoms with E-state index in [4.69, 9.17) is 9.15 Å². The minimum atomic E-state index is -0.763. The zero-order chi connectivity index (χ0) is 21.6. The second kappa shape index (κ2) is 9.55. The molecular weight excluding hydrogens is 396 g/mol. The molecule has 4 rings (SSSR count). The summed E-state index contributed by atoms with van der Waals surface area (Å²) in [6.45, 7) is -0.817. The third-order valence-electron chi connectivity index (χ3n) is 5.58. The Bertz CT molecular complexity index is 1090. The van der Waals surface area contributed by atoms with Crippen LogP contribution in [0.5, 0.6) is 0 Å². The van der Waals surface area contributed by atoms with Gasteiger partial charge in [-0.3, -0.25) is 9.59 Å². The summed E-state index contributed by atoms with van der Waals surface area (Å²) in [6.07, 6.45) is 6.19. The highest BCUT2D eigenvalue weighted by Gasteiger charge is 2.18. The maximum atomic E-state index is 12.4. The van der Waals surface area contributed by atoms with Crippen LogP contribution in [0.2, 0.25) is 0 Å². The fourth-order valence-corrected chi connectivity index (χ4v) is 3.88. The van der Waals surface area contributed by atoms with Gasteiger partial charge in [-0.15, -0.1) is 5.10 Å². The molecule has 1 aromatic heterocycles. The van der Waals surface area contributed by atoms with Gasteiger partial charge in [-0.05, 0) is 36.5 Å². The Morgan fingerprint density at radius 1 is 1.00 bits per heavy atom. The van der Waals surface area contributed by atoms with E-state index in [2.05, 4.69) is 5.10 Å². The first-order valence-corrected chi connectivity index (χ1v) is 10.5. The molecule has 0 radical (unpaired) electrons. The minimum absolute atomic E-state index is 0.118. The lowest BCUT2D eigenvalue weighted by molar-refractivity contribution is -0.143. The van der Waals surface area contributed by atoms with Crippen LogP contribution in [-0.2, 0) is 16.1 Å². The monoisotopic (exact) mass is 420 g/mol. The topological polar surface area (TPSA) is 91.4 Å². The van der Waals surface area contributed by atoms with Crippen LogP contribution in [0, 0.1) is 0 Å². The first-order valence-electron chi connectivity index (χ1n) is 10.5. The number of benzene rings is 2. The van der Waals surface area contributed by atoms with Gasteiger partial charge in [0.1, 0.15) is 6.54 Å². The van der Waals surface area contributed by atoms with Crippen LogP contribution in [0.15, 0.2) is 63.8 Å². The molecule has 0 spiro atoms. The first kappa shape index (κ1) is 20.8. The van der Waals surface area contributed by atoms with E-state index in [9.17, 15) is 14.4 Å². The Kier molecular flexibility index (Phi) is 6.40. The lowest BCUT2D eigenvalue weighted by Crippen LogP contribution is -2.24. The smallest absolute Gasteiger partial charge is 0.437 e. The first-order chi connectivity index (χ1) is 15.1. The number of hydrogen-bond acceptors (Lipinski definition) is 6. The van der Waals surface area contributed by atoms with Crippen molar-refractivity contribution in [3.63, 3.8) is 0 Å². The molecule has 1 saturated carbocycles. The van der Waals surface area contributed by atoms with Gasteiger partial charge in [0.2, 0.25) is 5.89 Å². The molecule has 7 heteroatoms. The normalized spacial score (nSPS) is 14.3. The molecule has 2 aromatic carbocycles. The van der Waals surface area contributed by atoms with Gasteiger partial charge in [0, 0.05) is 11.1 Å². The summed E-state index contributed by atoms with van der Waals surface area (Å²) in [5.74, 6) is -1.10. The van der Waals surface area contributed by atoms with Crippen molar-refractivity contribution in [3.05, 3.63) is 76.3 Å². The largest absolute Gasteiger partial charge is 0.456 e. The summed E-state index contributed by atoms with van der Waals surface area (Å²) in [4.78, 5) is 36.4. The lowest BCUT2D eigenvalue weighted by atomic mass is 9.84. The van der Waals surface area contributed by atoms with Crippen LogP contribution < -0.4 is 5.76 Å². The number of ketones is 1. The van der Waals surface area contributed by atoms with Gasteiger partial charge < -0.3 is 9.15 Å². The Balaban J connectivity index is 1.31. The number of esters is 1. The van der Waals surface area contributed by atoms with Crippen molar-refractivity contribution in [2.24, 2.45) is 0 Å². The summed E-state index contributed by atoms with van der Waals surface area (Å²) < 4.78 is 11.0. The second-order valence-electron chi connectivity index (χ2n) is 7.74. The van der Waals surface area contributed by atoms with Crippen LogP contribution in [0.1, 0.15) is 53.9 Å². The standard InChI is InChI=1S/C24H24N2O5/c27-21(19-13-11-18(12-14-19)17-7-3-1-4-8-17)16-30-22(28)15-26-24(29)31-23(25-26)20-9-5-2-6-10-20/h2,5-6,9-14,17H,1,3-4,7-8,15-16H2. The van der Waals surface area contributed by atoms with Gasteiger partial charge in [-0.1, -0.05) is 61.7 Å². The van der Waals surface area contributed by atoms with E-state index in [1.165, 1.54) is 37.7 Å². The van der Waals surface area contributed by atoms with Crippen molar-refractivity contribution in [1.29, 1.82) is 0 Å². The van der Waals surface area contributed by atoms with Crippen molar-refractivity contribution in [2.45, 2.75) is 44.6 Å². The summed E-state index contributed by atoms with van der Waals surface area (Å²) in [6, 6.07) is 16.4. The highest BCUT2D eigenvalue weighted by molar-refractivity contribution is 5.97.